The second-order valence-electron chi connectivity index (χ2n) is 15.1. The number of ether oxygens (including phenoxy) is 1. The van der Waals surface area contributed by atoms with Crippen LogP contribution in [0.4, 0.5) is 16.4 Å². The highest BCUT2D eigenvalue weighted by atomic mass is 32.1. The van der Waals surface area contributed by atoms with Crippen molar-refractivity contribution < 1.29 is 19.4 Å². The number of benzene rings is 2. The Kier molecular flexibility index (Phi) is 12.0. The number of thiophene rings is 2. The summed E-state index contributed by atoms with van der Waals surface area (Å²) in [5.41, 5.74) is 14.1. The number of hydrogen-bond acceptors (Lipinski definition) is 13. The zero-order valence-corrected chi connectivity index (χ0v) is 35.7. The maximum atomic E-state index is 11.9. The van der Waals surface area contributed by atoms with Gasteiger partial charge in [-0.3, -0.25) is 13.6 Å². The molecular formula is C43H48N10O4S2. The van der Waals surface area contributed by atoms with Crippen LogP contribution >= 0.6 is 22.7 Å². The third-order valence-electron chi connectivity index (χ3n) is 9.29. The first kappa shape index (κ1) is 41.2. The molecule has 1 atom stereocenters. The number of nitrogens with zero attached hydrogens (tertiary/aromatic N) is 6. The van der Waals surface area contributed by atoms with E-state index in [-0.39, 0.29) is 5.78 Å². The highest BCUT2D eigenvalue weighted by molar-refractivity contribution is 7.22. The number of Topliss-reactive ketones (excluding diaryl/α,β-unsaturated/α-hetero) is 1. The molecule has 306 valence electrons. The molecule has 6 heterocycles. The average molecular weight is 833 g/mol. The Hall–Kier alpha value is -5.94. The van der Waals surface area contributed by atoms with Gasteiger partial charge in [-0.05, 0) is 89.4 Å². The van der Waals surface area contributed by atoms with E-state index in [2.05, 4.69) is 46.9 Å². The molecular weight excluding hydrogens is 785 g/mol. The van der Waals surface area contributed by atoms with Crippen LogP contribution in [-0.2, 0) is 4.74 Å². The van der Waals surface area contributed by atoms with Crippen molar-refractivity contribution in [3.63, 3.8) is 0 Å². The standard InChI is InChI=1S/C24H27N5O3S.C19H21N5OS/c1-14-13-27-21-20(25-9-10-26-23(31)32-24(3,4)5)28-18-12-19(33-22(18)29(14)21)17-8-6-7-16(11-17)15(2)30;1-11-10-22-18-17(21-7-6-20)23-15-9-16(26-19(15)24(11)18)14-5-3-4-13(8-14)12(2)25/h6-8,11-13H,9-10H2,1-5H3,(H,25,28)(H,26,31);3-5,8-10,12,25H,6-7,20H2,1-2H3,(H,21,23). The summed E-state index contributed by atoms with van der Waals surface area (Å²) in [6.07, 6.45) is 2.73. The fourth-order valence-corrected chi connectivity index (χ4v) is 8.81. The summed E-state index contributed by atoms with van der Waals surface area (Å²) in [4.78, 5) is 46.5. The van der Waals surface area contributed by atoms with Gasteiger partial charge in [0.15, 0.2) is 28.7 Å². The Morgan fingerprint density at radius 3 is 1.88 bits per heavy atom. The van der Waals surface area contributed by atoms with Gasteiger partial charge in [-0.2, -0.15) is 0 Å². The summed E-state index contributed by atoms with van der Waals surface area (Å²) in [5, 5.41) is 19.1. The van der Waals surface area contributed by atoms with Crippen molar-refractivity contribution in [2.45, 2.75) is 60.2 Å². The lowest BCUT2D eigenvalue weighted by atomic mass is 10.1. The summed E-state index contributed by atoms with van der Waals surface area (Å²) in [7, 11) is 0. The number of imidazole rings is 2. The van der Waals surface area contributed by atoms with Crippen molar-refractivity contribution in [2.24, 2.45) is 5.73 Å². The number of amides is 1. The SMILES string of the molecule is CC(=O)c1cccc(-c2cc3nc(NCCNC(=O)OC(C)(C)C)c4ncc(C)n4c3s2)c1.Cc1cnc2c(NCCN)nc3cc(-c4cccc(C(C)O)c4)sc3n12. The van der Waals surface area contributed by atoms with Crippen LogP contribution in [0.1, 0.15) is 68.0 Å². The van der Waals surface area contributed by atoms with Crippen LogP contribution in [0, 0.1) is 13.8 Å². The molecule has 1 amide bonds. The van der Waals surface area contributed by atoms with Crippen LogP contribution < -0.4 is 21.7 Å². The Morgan fingerprint density at radius 2 is 1.36 bits per heavy atom. The molecule has 0 aliphatic carbocycles. The van der Waals surface area contributed by atoms with E-state index >= 15 is 0 Å². The highest BCUT2D eigenvalue weighted by Gasteiger charge is 2.19. The van der Waals surface area contributed by atoms with Gasteiger partial charge in [0.2, 0.25) is 0 Å². The molecule has 0 saturated carbocycles. The van der Waals surface area contributed by atoms with E-state index in [1.165, 1.54) is 0 Å². The van der Waals surface area contributed by atoms with Gasteiger partial charge < -0.3 is 31.5 Å². The minimum absolute atomic E-state index is 0.0374. The fourth-order valence-electron chi connectivity index (χ4n) is 6.50. The largest absolute Gasteiger partial charge is 0.444 e. The molecule has 0 aliphatic heterocycles. The molecule has 2 aromatic carbocycles. The second-order valence-corrected chi connectivity index (χ2v) is 17.2. The van der Waals surface area contributed by atoms with Crippen molar-refractivity contribution >= 4 is 78.2 Å². The van der Waals surface area contributed by atoms with E-state index < -0.39 is 17.8 Å². The Morgan fingerprint density at radius 1 is 0.814 bits per heavy atom. The van der Waals surface area contributed by atoms with E-state index in [0.29, 0.717) is 37.6 Å². The summed E-state index contributed by atoms with van der Waals surface area (Å²) in [6, 6.07) is 19.7. The molecule has 0 spiro atoms. The van der Waals surface area contributed by atoms with Gasteiger partial charge in [-0.15, -0.1) is 22.7 Å². The Labute approximate surface area is 349 Å². The lowest BCUT2D eigenvalue weighted by Crippen LogP contribution is -2.35. The smallest absolute Gasteiger partial charge is 0.407 e. The number of carbonyl (C=O) groups is 2. The number of ketones is 1. The van der Waals surface area contributed by atoms with Crippen LogP contribution in [-0.4, -0.2) is 77.5 Å². The quantitative estimate of drug-likeness (QED) is 0.0623. The van der Waals surface area contributed by atoms with E-state index in [1.54, 1.807) is 36.5 Å². The number of alkyl carbamates (subject to hydrolysis) is 1. The number of aliphatic hydroxyl groups is 1. The zero-order valence-electron chi connectivity index (χ0n) is 34.1. The fraction of sp³-hybridized carbons (Fsp3) is 0.302. The number of nitrogens with one attached hydrogen (secondary N) is 3. The molecule has 0 radical (unpaired) electrons. The van der Waals surface area contributed by atoms with E-state index in [4.69, 9.17) is 20.4 Å². The lowest BCUT2D eigenvalue weighted by Gasteiger charge is -2.19. The molecule has 0 bridgehead atoms. The number of aliphatic hydroxyl groups excluding tert-OH is 1. The summed E-state index contributed by atoms with van der Waals surface area (Å²) < 4.78 is 9.47. The van der Waals surface area contributed by atoms with Gasteiger partial charge in [0.1, 0.15) is 26.3 Å². The van der Waals surface area contributed by atoms with Gasteiger partial charge in [0, 0.05) is 65.3 Å². The third kappa shape index (κ3) is 9.05. The summed E-state index contributed by atoms with van der Waals surface area (Å²) >= 11 is 3.29. The van der Waals surface area contributed by atoms with Gasteiger partial charge in [-0.25, -0.2) is 24.7 Å². The maximum Gasteiger partial charge on any atom is 0.407 e. The molecule has 1 unspecified atom stereocenters. The first-order chi connectivity index (χ1) is 28.2. The van der Waals surface area contributed by atoms with Crippen molar-refractivity contribution in [1.82, 2.24) is 34.1 Å². The van der Waals surface area contributed by atoms with E-state index in [1.807, 2.05) is 95.5 Å². The van der Waals surface area contributed by atoms with E-state index in [0.717, 1.165) is 75.6 Å². The Bertz CT molecular complexity index is 2810. The third-order valence-corrected chi connectivity index (χ3v) is 11.6. The van der Waals surface area contributed by atoms with Crippen LogP contribution in [0.2, 0.25) is 0 Å². The maximum absolute atomic E-state index is 11.9. The van der Waals surface area contributed by atoms with Crippen molar-refractivity contribution in [3.8, 4) is 20.9 Å². The second kappa shape index (κ2) is 17.1. The number of aromatic nitrogens is 6. The van der Waals surface area contributed by atoms with Gasteiger partial charge >= 0.3 is 6.09 Å². The van der Waals surface area contributed by atoms with E-state index in [9.17, 15) is 14.7 Å². The summed E-state index contributed by atoms with van der Waals surface area (Å²) in [6.45, 7) is 14.9. The zero-order chi connectivity index (χ0) is 42.0. The van der Waals surface area contributed by atoms with Crippen molar-refractivity contribution in [1.29, 1.82) is 0 Å². The minimum atomic E-state index is -0.537. The monoisotopic (exact) mass is 832 g/mol. The first-order valence-corrected chi connectivity index (χ1v) is 20.9. The molecule has 6 N–H and O–H groups in total. The number of nitrogens with two attached hydrogens (primary N) is 1. The molecule has 8 aromatic rings. The number of anilines is 2. The molecule has 8 rings (SSSR count). The van der Waals surface area contributed by atoms with Crippen LogP contribution in [0.15, 0.2) is 73.1 Å². The molecule has 0 saturated heterocycles. The van der Waals surface area contributed by atoms with Gasteiger partial charge in [0.05, 0.1) is 6.10 Å². The predicted octanol–water partition coefficient (Wildman–Crippen LogP) is 8.40. The number of fused-ring (bicyclic) bond motifs is 6. The Balaban J connectivity index is 0.000000184. The predicted molar refractivity (Wildman–Crippen MR) is 238 cm³/mol. The first-order valence-electron chi connectivity index (χ1n) is 19.3. The average Bonchev–Trinajstić information content (AvgIpc) is 4.00. The van der Waals surface area contributed by atoms with Gasteiger partial charge in [-0.1, -0.05) is 36.4 Å². The number of aryl methyl sites for hydroxylation is 2. The van der Waals surface area contributed by atoms with Crippen LogP contribution in [0.3, 0.4) is 0 Å². The number of rotatable bonds is 11. The lowest BCUT2D eigenvalue weighted by molar-refractivity contribution is 0.0529. The molecule has 6 aromatic heterocycles. The normalized spacial score (nSPS) is 12.2. The molecule has 59 heavy (non-hydrogen) atoms. The van der Waals surface area contributed by atoms with Crippen molar-refractivity contribution in [3.05, 3.63) is 95.6 Å². The van der Waals surface area contributed by atoms with Crippen molar-refractivity contribution in [2.75, 3.05) is 36.8 Å². The topological polar surface area (TPSA) is 186 Å². The molecule has 0 aliphatic rings. The number of hydrogen-bond donors (Lipinski definition) is 5. The highest BCUT2D eigenvalue weighted by Crippen LogP contribution is 2.37. The van der Waals surface area contributed by atoms with Gasteiger partial charge in [0.25, 0.3) is 0 Å². The molecule has 0 fully saturated rings. The molecule has 14 nitrogen and oxygen atoms in total. The minimum Gasteiger partial charge on any atom is -0.444 e. The summed E-state index contributed by atoms with van der Waals surface area (Å²) in [5.74, 6) is 1.43. The van der Waals surface area contributed by atoms with Crippen LogP contribution in [0.25, 0.3) is 52.9 Å². The molecule has 16 heteroatoms. The number of carbonyl (C=O) groups excluding carboxylic acids is 2. The van der Waals surface area contributed by atoms with Crippen LogP contribution in [0.5, 0.6) is 0 Å².